The van der Waals surface area contributed by atoms with E-state index < -0.39 is 10.0 Å². The van der Waals surface area contributed by atoms with Gasteiger partial charge in [-0.2, -0.15) is 0 Å². The lowest BCUT2D eigenvalue weighted by molar-refractivity contribution is 0.370. The summed E-state index contributed by atoms with van der Waals surface area (Å²) in [6.45, 7) is 4.43. The fourth-order valence-corrected chi connectivity index (χ4v) is 3.97. The predicted octanol–water partition coefficient (Wildman–Crippen LogP) is 1.34. The minimum absolute atomic E-state index is 0.191. The Morgan fingerprint density at radius 2 is 2.00 bits per heavy atom. The second kappa shape index (κ2) is 6.87. The van der Waals surface area contributed by atoms with Crippen LogP contribution in [0.25, 0.3) is 0 Å². The van der Waals surface area contributed by atoms with Gasteiger partial charge in [0.1, 0.15) is 0 Å². The molecule has 0 radical (unpaired) electrons. The summed E-state index contributed by atoms with van der Waals surface area (Å²) in [7, 11) is 0.174. The Bertz CT molecular complexity index is 573. The van der Waals surface area contributed by atoms with E-state index in [1.807, 2.05) is 25.9 Å². The van der Waals surface area contributed by atoms with E-state index in [9.17, 15) is 8.42 Å². The first-order chi connectivity index (χ1) is 9.17. The molecule has 0 aliphatic carbocycles. The SMILES string of the molecule is Cc1c(CN)cc(Cl)cc1S(=O)(=O)NC(C)CN(C)C. The Balaban J connectivity index is 3.13. The number of sulfonamides is 1. The number of nitrogens with one attached hydrogen (secondary N) is 1. The number of benzene rings is 1. The second-order valence-corrected chi connectivity index (χ2v) is 7.30. The molecule has 1 rings (SSSR count). The molecule has 0 heterocycles. The molecule has 0 amide bonds. The van der Waals surface area contributed by atoms with Gasteiger partial charge in [0, 0.05) is 24.2 Å². The molecule has 7 heteroatoms. The fourth-order valence-electron chi connectivity index (χ4n) is 2.11. The van der Waals surface area contributed by atoms with E-state index >= 15 is 0 Å². The molecule has 5 nitrogen and oxygen atoms in total. The van der Waals surface area contributed by atoms with Crippen molar-refractivity contribution in [2.24, 2.45) is 5.73 Å². The minimum atomic E-state index is -3.61. The van der Waals surface area contributed by atoms with Crippen molar-refractivity contribution in [2.45, 2.75) is 31.3 Å². The first kappa shape index (κ1) is 17.4. The van der Waals surface area contributed by atoms with Crippen LogP contribution in [0.4, 0.5) is 0 Å². The summed E-state index contributed by atoms with van der Waals surface area (Å²) in [5.41, 5.74) is 6.99. The Hall–Kier alpha value is -0.660. The van der Waals surface area contributed by atoms with Crippen LogP contribution in [-0.4, -0.2) is 40.0 Å². The zero-order valence-corrected chi connectivity index (χ0v) is 13.8. The molecule has 3 N–H and O–H groups in total. The van der Waals surface area contributed by atoms with Gasteiger partial charge in [-0.15, -0.1) is 0 Å². The smallest absolute Gasteiger partial charge is 0.241 e. The van der Waals surface area contributed by atoms with Gasteiger partial charge in [-0.1, -0.05) is 11.6 Å². The van der Waals surface area contributed by atoms with Crippen LogP contribution in [0, 0.1) is 6.92 Å². The number of nitrogens with zero attached hydrogens (tertiary/aromatic N) is 1. The van der Waals surface area contributed by atoms with E-state index in [1.54, 1.807) is 13.0 Å². The molecule has 1 aromatic carbocycles. The number of halogens is 1. The summed E-state index contributed by atoms with van der Waals surface area (Å²) in [6.07, 6.45) is 0. The van der Waals surface area contributed by atoms with Gasteiger partial charge >= 0.3 is 0 Å². The maximum atomic E-state index is 12.4. The molecule has 1 unspecified atom stereocenters. The van der Waals surface area contributed by atoms with Gasteiger partial charge in [0.25, 0.3) is 0 Å². The molecule has 1 aromatic rings. The number of nitrogens with two attached hydrogens (primary N) is 1. The summed E-state index contributed by atoms with van der Waals surface area (Å²) in [4.78, 5) is 2.11. The number of hydrogen-bond donors (Lipinski definition) is 2. The van der Waals surface area contributed by atoms with Crippen LogP contribution in [0.3, 0.4) is 0 Å². The summed E-state index contributed by atoms with van der Waals surface area (Å²) in [5.74, 6) is 0. The van der Waals surface area contributed by atoms with Gasteiger partial charge in [-0.25, -0.2) is 13.1 Å². The van der Waals surface area contributed by atoms with Crippen LogP contribution < -0.4 is 10.5 Å². The van der Waals surface area contributed by atoms with Gasteiger partial charge < -0.3 is 10.6 Å². The highest BCUT2D eigenvalue weighted by Crippen LogP contribution is 2.24. The van der Waals surface area contributed by atoms with Gasteiger partial charge in [-0.3, -0.25) is 0 Å². The van der Waals surface area contributed by atoms with Crippen molar-refractivity contribution in [2.75, 3.05) is 20.6 Å². The normalized spacial score (nSPS) is 13.8. The third-order valence-corrected chi connectivity index (χ3v) is 4.87. The fraction of sp³-hybridized carbons (Fsp3) is 0.538. The van der Waals surface area contributed by atoms with Crippen LogP contribution in [0.2, 0.25) is 5.02 Å². The van der Waals surface area contributed by atoms with Crippen molar-refractivity contribution in [3.05, 3.63) is 28.3 Å². The van der Waals surface area contributed by atoms with Crippen molar-refractivity contribution in [3.63, 3.8) is 0 Å². The zero-order chi connectivity index (χ0) is 15.5. The van der Waals surface area contributed by atoms with Gasteiger partial charge in [0.05, 0.1) is 4.90 Å². The molecular weight excluding hydrogens is 298 g/mol. The van der Waals surface area contributed by atoms with Crippen LogP contribution in [0.5, 0.6) is 0 Å². The average Bonchev–Trinajstić information content (AvgIpc) is 2.29. The largest absolute Gasteiger partial charge is 0.326 e. The molecule has 0 aliphatic heterocycles. The van der Waals surface area contributed by atoms with E-state index in [4.69, 9.17) is 17.3 Å². The summed E-state index contributed by atoms with van der Waals surface area (Å²) in [5, 5.41) is 0.372. The third-order valence-electron chi connectivity index (χ3n) is 2.94. The Morgan fingerprint density at radius 3 is 2.50 bits per heavy atom. The summed E-state index contributed by atoms with van der Waals surface area (Å²) in [6, 6.07) is 2.95. The number of rotatable bonds is 6. The van der Waals surface area contributed by atoms with Crippen LogP contribution in [-0.2, 0) is 16.6 Å². The zero-order valence-electron chi connectivity index (χ0n) is 12.3. The van der Waals surface area contributed by atoms with Gasteiger partial charge in [-0.05, 0) is 51.2 Å². The molecule has 0 fully saturated rings. The van der Waals surface area contributed by atoms with E-state index in [2.05, 4.69) is 4.72 Å². The third kappa shape index (κ3) is 4.43. The molecule has 0 saturated heterocycles. The Labute approximate surface area is 126 Å². The molecule has 0 saturated carbocycles. The first-order valence-electron chi connectivity index (χ1n) is 6.33. The number of likely N-dealkylation sites (N-methyl/N-ethyl adjacent to an activating group) is 1. The highest BCUT2D eigenvalue weighted by molar-refractivity contribution is 7.89. The lowest BCUT2D eigenvalue weighted by Gasteiger charge is -2.19. The monoisotopic (exact) mass is 319 g/mol. The van der Waals surface area contributed by atoms with E-state index in [0.29, 0.717) is 17.1 Å². The maximum absolute atomic E-state index is 12.4. The van der Waals surface area contributed by atoms with Crippen molar-refractivity contribution in [3.8, 4) is 0 Å². The summed E-state index contributed by atoms with van der Waals surface area (Å²) < 4.78 is 27.5. The van der Waals surface area contributed by atoms with Crippen molar-refractivity contribution < 1.29 is 8.42 Å². The molecule has 1 atom stereocenters. The molecule has 0 spiro atoms. The van der Waals surface area contributed by atoms with Gasteiger partial charge in [0.2, 0.25) is 10.0 Å². The molecule has 0 aromatic heterocycles. The number of hydrogen-bond acceptors (Lipinski definition) is 4. The van der Waals surface area contributed by atoms with Crippen LogP contribution in [0.15, 0.2) is 17.0 Å². The van der Waals surface area contributed by atoms with E-state index in [-0.39, 0.29) is 17.5 Å². The lowest BCUT2D eigenvalue weighted by Crippen LogP contribution is -2.39. The molecular formula is C13H22ClN3O2S. The molecule has 20 heavy (non-hydrogen) atoms. The Morgan fingerprint density at radius 1 is 1.40 bits per heavy atom. The van der Waals surface area contributed by atoms with E-state index in [1.165, 1.54) is 6.07 Å². The van der Waals surface area contributed by atoms with Crippen molar-refractivity contribution >= 4 is 21.6 Å². The van der Waals surface area contributed by atoms with Crippen molar-refractivity contribution in [1.82, 2.24) is 9.62 Å². The second-order valence-electron chi connectivity index (χ2n) is 5.18. The highest BCUT2D eigenvalue weighted by atomic mass is 35.5. The van der Waals surface area contributed by atoms with Crippen LogP contribution >= 0.6 is 11.6 Å². The minimum Gasteiger partial charge on any atom is -0.326 e. The maximum Gasteiger partial charge on any atom is 0.241 e. The standard InChI is InChI=1S/C13H22ClN3O2S/c1-9(8-17(3)4)16-20(18,19)13-6-12(14)5-11(7-15)10(13)2/h5-6,9,16H,7-8,15H2,1-4H3. The highest BCUT2D eigenvalue weighted by Gasteiger charge is 2.21. The molecule has 0 aliphatic rings. The molecule has 0 bridgehead atoms. The lowest BCUT2D eigenvalue weighted by atomic mass is 10.1. The van der Waals surface area contributed by atoms with Crippen molar-refractivity contribution in [1.29, 1.82) is 0 Å². The Kier molecular flexibility index (Phi) is 5.97. The average molecular weight is 320 g/mol. The predicted molar refractivity (Wildman–Crippen MR) is 82.4 cm³/mol. The van der Waals surface area contributed by atoms with E-state index in [0.717, 1.165) is 5.56 Å². The van der Waals surface area contributed by atoms with Crippen LogP contribution in [0.1, 0.15) is 18.1 Å². The summed E-state index contributed by atoms with van der Waals surface area (Å²) >= 11 is 5.97. The first-order valence-corrected chi connectivity index (χ1v) is 8.19. The van der Waals surface area contributed by atoms with Gasteiger partial charge in [0.15, 0.2) is 0 Å². The quantitative estimate of drug-likeness (QED) is 0.829. The molecule has 114 valence electrons. The topological polar surface area (TPSA) is 75.4 Å².